The smallest absolute Gasteiger partial charge is 0.253 e. The minimum Gasteiger partial charge on any atom is -0.375 e. The van der Waals surface area contributed by atoms with Crippen LogP contribution in [0.4, 0.5) is 11.4 Å². The van der Waals surface area contributed by atoms with Crippen molar-refractivity contribution in [3.63, 3.8) is 0 Å². The fraction of sp³-hybridized carbons (Fsp3) is 0.364. The molecule has 0 unspecified atom stereocenters. The molecule has 1 aliphatic rings. The molecule has 3 rings (SSSR count). The number of nitrogens with one attached hydrogen (secondary N) is 1. The van der Waals surface area contributed by atoms with E-state index in [1.54, 1.807) is 23.1 Å². The van der Waals surface area contributed by atoms with Crippen molar-refractivity contribution in [2.45, 2.75) is 25.7 Å². The highest BCUT2D eigenvalue weighted by molar-refractivity contribution is 6.31. The molecule has 28 heavy (non-hydrogen) atoms. The Kier molecular flexibility index (Phi) is 6.93. The first-order chi connectivity index (χ1) is 13.6. The second kappa shape index (κ2) is 9.60. The summed E-state index contributed by atoms with van der Waals surface area (Å²) in [5.41, 5.74) is 2.30. The van der Waals surface area contributed by atoms with Crippen LogP contribution in [0.2, 0.25) is 5.02 Å². The third-order valence-corrected chi connectivity index (χ3v) is 5.21. The van der Waals surface area contributed by atoms with Gasteiger partial charge in [0, 0.05) is 43.8 Å². The van der Waals surface area contributed by atoms with Gasteiger partial charge in [-0.3, -0.25) is 9.59 Å². The molecule has 5 nitrogen and oxygen atoms in total. The summed E-state index contributed by atoms with van der Waals surface area (Å²) in [4.78, 5) is 28.6. The van der Waals surface area contributed by atoms with E-state index in [4.69, 9.17) is 11.6 Å². The fourth-order valence-corrected chi connectivity index (χ4v) is 3.57. The molecule has 2 aromatic rings. The van der Waals surface area contributed by atoms with Crippen LogP contribution < -0.4 is 15.1 Å². The molecule has 0 atom stereocenters. The van der Waals surface area contributed by atoms with Crippen molar-refractivity contribution < 1.29 is 9.59 Å². The second-order valence-corrected chi connectivity index (χ2v) is 7.47. The first-order valence-electron chi connectivity index (χ1n) is 9.70. The molecule has 6 heteroatoms. The molecule has 0 aliphatic carbocycles. The Morgan fingerprint density at radius 2 is 1.96 bits per heavy atom. The lowest BCUT2D eigenvalue weighted by Crippen LogP contribution is -2.30. The Labute approximate surface area is 171 Å². The van der Waals surface area contributed by atoms with E-state index in [1.807, 2.05) is 18.2 Å². The molecule has 1 fully saturated rings. The van der Waals surface area contributed by atoms with E-state index >= 15 is 0 Å². The van der Waals surface area contributed by atoms with Crippen LogP contribution in [0.5, 0.6) is 0 Å². The Hall–Kier alpha value is -2.53. The summed E-state index contributed by atoms with van der Waals surface area (Å²) in [6.07, 6.45) is 3.18. The first kappa shape index (κ1) is 20.2. The van der Waals surface area contributed by atoms with Gasteiger partial charge in [-0.25, -0.2) is 0 Å². The first-order valence-corrected chi connectivity index (χ1v) is 10.1. The van der Waals surface area contributed by atoms with E-state index in [0.29, 0.717) is 35.8 Å². The molecule has 0 saturated carbocycles. The normalized spacial score (nSPS) is 13.6. The summed E-state index contributed by atoms with van der Waals surface area (Å²) in [6.45, 7) is 2.15. The summed E-state index contributed by atoms with van der Waals surface area (Å²) in [6, 6.07) is 15.3. The third kappa shape index (κ3) is 5.04. The van der Waals surface area contributed by atoms with Crippen molar-refractivity contribution in [2.75, 3.05) is 36.5 Å². The number of nitrogens with zero attached hydrogens (tertiary/aromatic N) is 2. The van der Waals surface area contributed by atoms with E-state index in [0.717, 1.165) is 25.8 Å². The number of rotatable bonds is 8. The summed E-state index contributed by atoms with van der Waals surface area (Å²) in [5, 5.41) is 3.50. The van der Waals surface area contributed by atoms with Crippen LogP contribution in [0.25, 0.3) is 0 Å². The lowest BCUT2D eigenvalue weighted by atomic mass is 10.1. The molecule has 1 N–H and O–H groups in total. The number of benzene rings is 2. The summed E-state index contributed by atoms with van der Waals surface area (Å²) in [7, 11) is 2.07. The maximum Gasteiger partial charge on any atom is 0.253 e. The standard InChI is InChI=1S/C22H26ClN3O2/c1-25(18-8-3-2-4-9-18)14-6-5-13-24-22(28)19-12-11-17(23)16-20(19)26-15-7-10-21(26)27/h2-4,8-9,11-12,16H,5-7,10,13-15H2,1H3,(H,24,28). The topological polar surface area (TPSA) is 52.7 Å². The third-order valence-electron chi connectivity index (χ3n) is 4.97. The molecule has 0 bridgehead atoms. The Bertz CT molecular complexity index is 826. The van der Waals surface area contributed by atoms with Gasteiger partial charge in [0.05, 0.1) is 11.3 Å². The van der Waals surface area contributed by atoms with Gasteiger partial charge in [0.25, 0.3) is 5.91 Å². The Balaban J connectivity index is 1.51. The highest BCUT2D eigenvalue weighted by Crippen LogP contribution is 2.28. The molecule has 1 aliphatic heterocycles. The zero-order valence-electron chi connectivity index (χ0n) is 16.2. The van der Waals surface area contributed by atoms with E-state index in [-0.39, 0.29) is 11.8 Å². The van der Waals surface area contributed by atoms with Gasteiger partial charge in [-0.05, 0) is 49.6 Å². The largest absolute Gasteiger partial charge is 0.375 e. The van der Waals surface area contributed by atoms with Crippen LogP contribution in [-0.2, 0) is 4.79 Å². The summed E-state index contributed by atoms with van der Waals surface area (Å²) in [5.74, 6) is -0.122. The molecule has 2 aromatic carbocycles. The maximum atomic E-state index is 12.7. The molecule has 0 radical (unpaired) electrons. The number of para-hydroxylation sites is 1. The van der Waals surface area contributed by atoms with Gasteiger partial charge in [-0.1, -0.05) is 29.8 Å². The monoisotopic (exact) mass is 399 g/mol. The lowest BCUT2D eigenvalue weighted by Gasteiger charge is -2.20. The van der Waals surface area contributed by atoms with Gasteiger partial charge in [0.1, 0.15) is 0 Å². The quantitative estimate of drug-likeness (QED) is 0.679. The molecular weight excluding hydrogens is 374 g/mol. The minimum absolute atomic E-state index is 0.0419. The number of halogens is 1. The zero-order valence-corrected chi connectivity index (χ0v) is 16.9. The lowest BCUT2D eigenvalue weighted by molar-refractivity contribution is -0.117. The van der Waals surface area contributed by atoms with Crippen LogP contribution in [-0.4, -0.2) is 38.5 Å². The van der Waals surface area contributed by atoms with Crippen molar-refractivity contribution in [2.24, 2.45) is 0 Å². The van der Waals surface area contributed by atoms with Crippen molar-refractivity contribution in [3.05, 3.63) is 59.1 Å². The van der Waals surface area contributed by atoms with Gasteiger partial charge >= 0.3 is 0 Å². The minimum atomic E-state index is -0.164. The van der Waals surface area contributed by atoms with Crippen molar-refractivity contribution in [3.8, 4) is 0 Å². The zero-order chi connectivity index (χ0) is 19.9. The van der Waals surface area contributed by atoms with Gasteiger partial charge in [-0.2, -0.15) is 0 Å². The molecule has 1 saturated heterocycles. The second-order valence-electron chi connectivity index (χ2n) is 7.03. The van der Waals surface area contributed by atoms with Crippen molar-refractivity contribution >= 4 is 34.8 Å². The predicted molar refractivity (Wildman–Crippen MR) is 114 cm³/mol. The SMILES string of the molecule is CN(CCCCNC(=O)c1ccc(Cl)cc1N1CCCC1=O)c1ccccc1. The van der Waals surface area contributed by atoms with Gasteiger partial charge < -0.3 is 15.1 Å². The number of amides is 2. The van der Waals surface area contributed by atoms with Gasteiger partial charge in [0.2, 0.25) is 5.91 Å². The Morgan fingerprint density at radius 3 is 2.68 bits per heavy atom. The number of carbonyl (C=O) groups excluding carboxylic acids is 2. The summed E-state index contributed by atoms with van der Waals surface area (Å²) >= 11 is 6.10. The van der Waals surface area contributed by atoms with E-state index < -0.39 is 0 Å². The van der Waals surface area contributed by atoms with Gasteiger partial charge in [0.15, 0.2) is 0 Å². The maximum absolute atomic E-state index is 12.7. The average molecular weight is 400 g/mol. The highest BCUT2D eigenvalue weighted by atomic mass is 35.5. The van der Waals surface area contributed by atoms with E-state index in [1.165, 1.54) is 5.69 Å². The van der Waals surface area contributed by atoms with Gasteiger partial charge in [-0.15, -0.1) is 0 Å². The summed E-state index contributed by atoms with van der Waals surface area (Å²) < 4.78 is 0. The molecular formula is C22H26ClN3O2. The molecule has 0 spiro atoms. The van der Waals surface area contributed by atoms with Crippen LogP contribution >= 0.6 is 11.6 Å². The number of hydrogen-bond donors (Lipinski definition) is 1. The average Bonchev–Trinajstić information content (AvgIpc) is 3.13. The number of anilines is 2. The molecule has 1 heterocycles. The number of hydrogen-bond acceptors (Lipinski definition) is 3. The molecule has 2 amide bonds. The van der Waals surface area contributed by atoms with Crippen LogP contribution in [0.3, 0.4) is 0 Å². The number of carbonyl (C=O) groups is 2. The Morgan fingerprint density at radius 1 is 1.18 bits per heavy atom. The van der Waals surface area contributed by atoms with E-state index in [2.05, 4.69) is 29.4 Å². The van der Waals surface area contributed by atoms with Crippen molar-refractivity contribution in [1.29, 1.82) is 0 Å². The number of unbranched alkanes of at least 4 members (excludes halogenated alkanes) is 1. The van der Waals surface area contributed by atoms with Crippen LogP contribution in [0, 0.1) is 0 Å². The predicted octanol–water partition coefficient (Wildman–Crippen LogP) is 4.11. The van der Waals surface area contributed by atoms with Crippen LogP contribution in [0.15, 0.2) is 48.5 Å². The van der Waals surface area contributed by atoms with Crippen LogP contribution in [0.1, 0.15) is 36.0 Å². The highest BCUT2D eigenvalue weighted by Gasteiger charge is 2.26. The van der Waals surface area contributed by atoms with E-state index in [9.17, 15) is 9.59 Å². The fourth-order valence-electron chi connectivity index (χ4n) is 3.41. The molecule has 148 valence electrons. The van der Waals surface area contributed by atoms with Crippen molar-refractivity contribution in [1.82, 2.24) is 5.32 Å². The molecule has 0 aromatic heterocycles.